The summed E-state index contributed by atoms with van der Waals surface area (Å²) in [6.07, 6.45) is 0. The van der Waals surface area contributed by atoms with E-state index in [-0.39, 0.29) is 5.91 Å². The molecule has 0 saturated carbocycles. The molecule has 0 radical (unpaired) electrons. The number of carbonyl (C=O) groups excluding carboxylic acids is 1. The Bertz CT molecular complexity index is 795. The van der Waals surface area contributed by atoms with Crippen LogP contribution in [-0.4, -0.2) is 16.1 Å². The van der Waals surface area contributed by atoms with Crippen molar-refractivity contribution in [1.82, 2.24) is 10.2 Å². The molecule has 2 aromatic carbocycles. The summed E-state index contributed by atoms with van der Waals surface area (Å²) in [4.78, 5) is 12.2. The largest absolute Gasteiger partial charge is 0.321 e. The Morgan fingerprint density at radius 2 is 1.55 bits per heavy atom. The minimum atomic E-state index is -0.224. The van der Waals surface area contributed by atoms with Crippen LogP contribution in [0.5, 0.6) is 0 Å². The summed E-state index contributed by atoms with van der Waals surface area (Å²) in [6.45, 7) is 0. The lowest BCUT2D eigenvalue weighted by Gasteiger charge is -2.02. The number of benzene rings is 2. The van der Waals surface area contributed by atoms with Crippen molar-refractivity contribution < 1.29 is 4.79 Å². The molecular weight excluding hydrogens is 410 g/mol. The smallest absolute Gasteiger partial charge is 0.273 e. The number of nitrogens with zero attached hydrogens (tertiary/aromatic N) is 1. The van der Waals surface area contributed by atoms with E-state index in [0.29, 0.717) is 5.69 Å². The molecule has 110 valence electrons. The molecule has 0 fully saturated rings. The number of nitrogens with one attached hydrogen (secondary N) is 2. The highest BCUT2D eigenvalue weighted by Gasteiger charge is 2.11. The molecule has 0 aliphatic rings. The van der Waals surface area contributed by atoms with Gasteiger partial charge in [-0.3, -0.25) is 9.89 Å². The zero-order valence-electron chi connectivity index (χ0n) is 11.3. The first-order chi connectivity index (χ1) is 10.6. The van der Waals surface area contributed by atoms with Crippen LogP contribution in [0.25, 0.3) is 11.3 Å². The number of halogens is 2. The first-order valence-electron chi connectivity index (χ1n) is 6.50. The second kappa shape index (κ2) is 6.46. The molecule has 0 aliphatic heterocycles. The quantitative estimate of drug-likeness (QED) is 0.635. The van der Waals surface area contributed by atoms with Gasteiger partial charge in [0.05, 0.1) is 5.69 Å². The van der Waals surface area contributed by atoms with Gasteiger partial charge in [-0.2, -0.15) is 5.10 Å². The summed E-state index contributed by atoms with van der Waals surface area (Å²) in [6, 6.07) is 16.9. The molecule has 0 bridgehead atoms. The molecule has 1 aromatic heterocycles. The predicted molar refractivity (Wildman–Crippen MR) is 93.8 cm³/mol. The van der Waals surface area contributed by atoms with Gasteiger partial charge in [0.15, 0.2) is 0 Å². The van der Waals surface area contributed by atoms with E-state index in [1.54, 1.807) is 6.07 Å². The Kier molecular flexibility index (Phi) is 4.40. The molecule has 1 amide bonds. The Morgan fingerprint density at radius 1 is 0.955 bits per heavy atom. The lowest BCUT2D eigenvalue weighted by atomic mass is 10.1. The number of H-pyrrole nitrogens is 1. The molecular formula is C16H11Br2N3O. The predicted octanol–water partition coefficient (Wildman–Crippen LogP) is 4.85. The summed E-state index contributed by atoms with van der Waals surface area (Å²) in [7, 11) is 0. The van der Waals surface area contributed by atoms with Gasteiger partial charge in [0, 0.05) is 20.2 Å². The average molecular weight is 421 g/mol. The van der Waals surface area contributed by atoms with E-state index in [1.165, 1.54) is 0 Å². The fourth-order valence-electron chi connectivity index (χ4n) is 1.94. The van der Waals surface area contributed by atoms with Crippen LogP contribution < -0.4 is 5.32 Å². The highest BCUT2D eigenvalue weighted by molar-refractivity contribution is 9.10. The van der Waals surface area contributed by atoms with E-state index >= 15 is 0 Å². The van der Waals surface area contributed by atoms with Gasteiger partial charge in [0.1, 0.15) is 5.69 Å². The normalized spacial score (nSPS) is 10.5. The molecule has 1 heterocycles. The summed E-state index contributed by atoms with van der Waals surface area (Å²) in [5.74, 6) is -0.224. The molecule has 0 aliphatic carbocycles. The topological polar surface area (TPSA) is 57.8 Å². The summed E-state index contributed by atoms with van der Waals surface area (Å²) in [5, 5.41) is 9.77. The minimum absolute atomic E-state index is 0.224. The van der Waals surface area contributed by atoms with Gasteiger partial charge in [-0.15, -0.1) is 0 Å². The average Bonchev–Trinajstić information content (AvgIpc) is 3.00. The first kappa shape index (κ1) is 15.0. The van der Waals surface area contributed by atoms with Gasteiger partial charge >= 0.3 is 0 Å². The maximum absolute atomic E-state index is 12.2. The van der Waals surface area contributed by atoms with E-state index < -0.39 is 0 Å². The number of anilines is 1. The molecule has 0 atom stereocenters. The van der Waals surface area contributed by atoms with Crippen molar-refractivity contribution in [2.75, 3.05) is 5.32 Å². The molecule has 0 unspecified atom stereocenters. The second-order valence-electron chi connectivity index (χ2n) is 4.63. The van der Waals surface area contributed by atoms with Gasteiger partial charge in [0.25, 0.3) is 5.91 Å². The maximum atomic E-state index is 12.2. The van der Waals surface area contributed by atoms with Gasteiger partial charge < -0.3 is 5.32 Å². The maximum Gasteiger partial charge on any atom is 0.273 e. The third-order valence-corrected chi connectivity index (χ3v) is 4.12. The monoisotopic (exact) mass is 419 g/mol. The Labute approximate surface area is 144 Å². The number of aromatic amines is 1. The van der Waals surface area contributed by atoms with Crippen LogP contribution in [0.1, 0.15) is 10.5 Å². The van der Waals surface area contributed by atoms with Gasteiger partial charge in [0.2, 0.25) is 0 Å². The molecule has 22 heavy (non-hydrogen) atoms. The summed E-state index contributed by atoms with van der Waals surface area (Å²) in [5.41, 5.74) is 2.82. The van der Waals surface area contributed by atoms with Crippen LogP contribution in [-0.2, 0) is 0 Å². The number of hydrogen-bond donors (Lipinski definition) is 2. The van der Waals surface area contributed by atoms with E-state index in [1.807, 2.05) is 48.5 Å². The van der Waals surface area contributed by atoms with Crippen molar-refractivity contribution in [3.63, 3.8) is 0 Å². The van der Waals surface area contributed by atoms with Crippen LogP contribution in [0.4, 0.5) is 5.69 Å². The fourth-order valence-corrected chi connectivity index (χ4v) is 2.47. The van der Waals surface area contributed by atoms with E-state index in [9.17, 15) is 4.79 Å². The van der Waals surface area contributed by atoms with Crippen molar-refractivity contribution >= 4 is 43.5 Å². The minimum Gasteiger partial charge on any atom is -0.321 e. The number of carbonyl (C=O) groups is 1. The van der Waals surface area contributed by atoms with E-state index in [4.69, 9.17) is 0 Å². The SMILES string of the molecule is O=C(Nc1ccc(Br)cc1)c1cc(-c2ccc(Br)cc2)n[nH]1. The lowest BCUT2D eigenvalue weighted by Crippen LogP contribution is -2.12. The summed E-state index contributed by atoms with van der Waals surface area (Å²) >= 11 is 6.75. The van der Waals surface area contributed by atoms with Crippen molar-refractivity contribution in [2.45, 2.75) is 0 Å². The fraction of sp³-hybridized carbons (Fsp3) is 0. The molecule has 0 spiro atoms. The van der Waals surface area contributed by atoms with Gasteiger partial charge in [-0.25, -0.2) is 0 Å². The Morgan fingerprint density at radius 3 is 2.18 bits per heavy atom. The van der Waals surface area contributed by atoms with Gasteiger partial charge in [-0.05, 0) is 42.5 Å². The third-order valence-electron chi connectivity index (χ3n) is 3.06. The van der Waals surface area contributed by atoms with E-state index in [2.05, 4.69) is 47.4 Å². The third kappa shape index (κ3) is 3.45. The lowest BCUT2D eigenvalue weighted by molar-refractivity contribution is 0.102. The molecule has 0 saturated heterocycles. The zero-order valence-corrected chi connectivity index (χ0v) is 14.5. The highest BCUT2D eigenvalue weighted by atomic mass is 79.9. The first-order valence-corrected chi connectivity index (χ1v) is 8.09. The number of hydrogen-bond acceptors (Lipinski definition) is 2. The summed E-state index contributed by atoms with van der Waals surface area (Å²) < 4.78 is 1.96. The highest BCUT2D eigenvalue weighted by Crippen LogP contribution is 2.21. The number of amides is 1. The Hall–Kier alpha value is -1.92. The van der Waals surface area contributed by atoms with Crippen LogP contribution in [0.3, 0.4) is 0 Å². The number of aromatic nitrogens is 2. The zero-order chi connectivity index (χ0) is 15.5. The van der Waals surface area contributed by atoms with E-state index in [0.717, 1.165) is 25.9 Å². The van der Waals surface area contributed by atoms with Gasteiger partial charge in [-0.1, -0.05) is 44.0 Å². The van der Waals surface area contributed by atoms with Crippen LogP contribution in [0, 0.1) is 0 Å². The van der Waals surface area contributed by atoms with Crippen molar-refractivity contribution in [1.29, 1.82) is 0 Å². The second-order valence-corrected chi connectivity index (χ2v) is 6.47. The van der Waals surface area contributed by atoms with Crippen molar-refractivity contribution in [2.24, 2.45) is 0 Å². The molecule has 3 aromatic rings. The molecule has 4 nitrogen and oxygen atoms in total. The molecule has 3 rings (SSSR count). The van der Waals surface area contributed by atoms with Crippen molar-refractivity contribution in [3.05, 3.63) is 69.2 Å². The van der Waals surface area contributed by atoms with Crippen molar-refractivity contribution in [3.8, 4) is 11.3 Å². The van der Waals surface area contributed by atoms with Crippen LogP contribution >= 0.6 is 31.9 Å². The molecule has 6 heteroatoms. The standard InChI is InChI=1S/C16H11Br2N3O/c17-11-3-1-10(2-4-11)14-9-15(21-20-14)16(22)19-13-7-5-12(18)6-8-13/h1-9H,(H,19,22)(H,20,21). The Balaban J connectivity index is 1.76. The van der Waals surface area contributed by atoms with Crippen LogP contribution in [0.15, 0.2) is 63.5 Å². The molecule has 2 N–H and O–H groups in total. The van der Waals surface area contributed by atoms with Crippen LogP contribution in [0.2, 0.25) is 0 Å². The number of rotatable bonds is 3.